The number of anilines is 1. The number of Topliss-reactive ketones (excluding diaryl/α,β-unsaturated/α-hetero) is 1. The molecule has 156 valence electrons. The van der Waals surface area contributed by atoms with Crippen molar-refractivity contribution in [2.45, 2.75) is 34.2 Å². The number of aryl methyl sites for hydroxylation is 2. The van der Waals surface area contributed by atoms with Gasteiger partial charge in [-0.15, -0.1) is 0 Å². The van der Waals surface area contributed by atoms with E-state index in [-0.39, 0.29) is 12.5 Å². The van der Waals surface area contributed by atoms with E-state index < -0.39 is 11.7 Å². The lowest BCUT2D eigenvalue weighted by Gasteiger charge is -2.17. The molecule has 3 aromatic rings. The third kappa shape index (κ3) is 4.27. The highest BCUT2D eigenvalue weighted by atomic mass is 16.2. The maximum absolute atomic E-state index is 12.9. The van der Waals surface area contributed by atoms with Crippen molar-refractivity contribution in [2.24, 2.45) is 0 Å². The van der Waals surface area contributed by atoms with Crippen LogP contribution in [0.5, 0.6) is 0 Å². The normalized spacial score (nSPS) is 10.8. The lowest BCUT2D eigenvalue weighted by Crippen LogP contribution is -2.36. The zero-order valence-corrected chi connectivity index (χ0v) is 17.9. The Balaban J connectivity index is 1.89. The number of hydrogen-bond acceptors (Lipinski definition) is 3. The first-order valence-corrected chi connectivity index (χ1v) is 10.1. The van der Waals surface area contributed by atoms with E-state index in [0.717, 1.165) is 22.3 Å². The first-order valence-electron chi connectivity index (χ1n) is 10.1. The van der Waals surface area contributed by atoms with E-state index in [9.17, 15) is 14.4 Å². The van der Waals surface area contributed by atoms with E-state index in [0.29, 0.717) is 24.0 Å². The molecule has 0 fully saturated rings. The third-order valence-electron chi connectivity index (χ3n) is 5.25. The molecule has 0 unspecified atom stereocenters. The van der Waals surface area contributed by atoms with Gasteiger partial charge in [-0.3, -0.25) is 14.4 Å². The average Bonchev–Trinajstić information content (AvgIpc) is 3.09. The molecular weight excluding hydrogens is 378 g/mol. The van der Waals surface area contributed by atoms with Crippen molar-refractivity contribution in [1.82, 2.24) is 9.47 Å². The number of nitrogens with zero attached hydrogens (tertiary/aromatic N) is 2. The third-order valence-corrected chi connectivity index (χ3v) is 5.25. The first-order chi connectivity index (χ1) is 14.3. The van der Waals surface area contributed by atoms with E-state index in [4.69, 9.17) is 0 Å². The van der Waals surface area contributed by atoms with Crippen molar-refractivity contribution >= 4 is 34.2 Å². The second kappa shape index (κ2) is 8.95. The van der Waals surface area contributed by atoms with Crippen LogP contribution in [0.25, 0.3) is 10.9 Å². The highest BCUT2D eigenvalue weighted by Crippen LogP contribution is 2.23. The molecule has 0 aliphatic heterocycles. The van der Waals surface area contributed by atoms with Crippen LogP contribution in [0.4, 0.5) is 5.69 Å². The van der Waals surface area contributed by atoms with Crippen LogP contribution in [0.3, 0.4) is 0 Å². The van der Waals surface area contributed by atoms with E-state index in [1.54, 1.807) is 16.8 Å². The summed E-state index contributed by atoms with van der Waals surface area (Å²) in [7, 11) is 0. The molecule has 3 rings (SSSR count). The van der Waals surface area contributed by atoms with Crippen LogP contribution in [0.1, 0.15) is 35.3 Å². The van der Waals surface area contributed by atoms with Gasteiger partial charge < -0.3 is 14.8 Å². The second-order valence-corrected chi connectivity index (χ2v) is 7.36. The molecule has 0 saturated carbocycles. The van der Waals surface area contributed by atoms with Gasteiger partial charge in [-0.25, -0.2) is 0 Å². The molecule has 0 atom stereocenters. The fraction of sp³-hybridized carbons (Fsp3) is 0.292. The van der Waals surface area contributed by atoms with E-state index in [1.807, 2.05) is 64.1 Å². The highest BCUT2D eigenvalue weighted by Gasteiger charge is 2.25. The maximum Gasteiger partial charge on any atom is 0.295 e. The number of ketones is 1. The fourth-order valence-electron chi connectivity index (χ4n) is 3.63. The quantitative estimate of drug-likeness (QED) is 0.478. The Kier molecular flexibility index (Phi) is 6.35. The first kappa shape index (κ1) is 21.3. The molecule has 6 heteroatoms. The number of aromatic nitrogens is 1. The fourth-order valence-corrected chi connectivity index (χ4v) is 3.63. The summed E-state index contributed by atoms with van der Waals surface area (Å²) in [5.41, 5.74) is 3.94. The molecule has 0 saturated heterocycles. The maximum atomic E-state index is 12.9. The van der Waals surface area contributed by atoms with Crippen molar-refractivity contribution in [1.29, 1.82) is 0 Å². The number of carbonyl (C=O) groups is 3. The molecule has 1 heterocycles. The number of carbonyl (C=O) groups excluding carboxylic acids is 3. The summed E-state index contributed by atoms with van der Waals surface area (Å²) < 4.78 is 1.72. The Morgan fingerprint density at radius 3 is 2.37 bits per heavy atom. The van der Waals surface area contributed by atoms with Crippen molar-refractivity contribution in [2.75, 3.05) is 18.4 Å². The lowest BCUT2D eigenvalue weighted by molar-refractivity contribution is -0.126. The second-order valence-electron chi connectivity index (χ2n) is 7.36. The van der Waals surface area contributed by atoms with Crippen LogP contribution in [0.2, 0.25) is 0 Å². The van der Waals surface area contributed by atoms with Gasteiger partial charge in [-0.05, 0) is 45.4 Å². The SMILES string of the molecule is CCN(CC)C(=O)C(=O)c1cn(CC(=O)Nc2ccc(C)cc2C)c2ccccc12. The summed E-state index contributed by atoms with van der Waals surface area (Å²) >= 11 is 0. The number of fused-ring (bicyclic) bond motifs is 1. The van der Waals surface area contributed by atoms with Crippen LogP contribution in [-0.4, -0.2) is 40.2 Å². The van der Waals surface area contributed by atoms with Gasteiger partial charge in [0.15, 0.2) is 0 Å². The topological polar surface area (TPSA) is 71.4 Å². The number of amides is 2. The van der Waals surface area contributed by atoms with Gasteiger partial charge in [0, 0.05) is 35.9 Å². The highest BCUT2D eigenvalue weighted by molar-refractivity contribution is 6.44. The van der Waals surface area contributed by atoms with Gasteiger partial charge in [0.1, 0.15) is 6.54 Å². The largest absolute Gasteiger partial charge is 0.337 e. The molecule has 1 aromatic heterocycles. The number of para-hydroxylation sites is 1. The van der Waals surface area contributed by atoms with E-state index >= 15 is 0 Å². The minimum absolute atomic E-state index is 0.0422. The van der Waals surface area contributed by atoms with E-state index in [1.165, 1.54) is 4.90 Å². The van der Waals surface area contributed by atoms with E-state index in [2.05, 4.69) is 5.32 Å². The van der Waals surface area contributed by atoms with Gasteiger partial charge in [0.25, 0.3) is 11.7 Å². The standard InChI is InChI=1S/C24H27N3O3/c1-5-26(6-2)24(30)23(29)19-14-27(21-10-8-7-9-18(19)21)15-22(28)25-20-12-11-16(3)13-17(20)4/h7-14H,5-6,15H2,1-4H3,(H,25,28). The zero-order valence-electron chi connectivity index (χ0n) is 17.9. The number of benzene rings is 2. The van der Waals surface area contributed by atoms with Gasteiger partial charge >= 0.3 is 0 Å². The molecule has 0 spiro atoms. The summed E-state index contributed by atoms with van der Waals surface area (Å²) in [5, 5.41) is 3.60. The summed E-state index contributed by atoms with van der Waals surface area (Å²) in [6.45, 7) is 8.62. The summed E-state index contributed by atoms with van der Waals surface area (Å²) in [5.74, 6) is -1.28. The minimum atomic E-state index is -0.552. The predicted molar refractivity (Wildman–Crippen MR) is 119 cm³/mol. The number of rotatable bonds is 7. The average molecular weight is 405 g/mol. The van der Waals surface area contributed by atoms with Gasteiger partial charge in [0.05, 0.1) is 5.56 Å². The van der Waals surface area contributed by atoms with Gasteiger partial charge in [-0.1, -0.05) is 35.9 Å². The molecule has 0 radical (unpaired) electrons. The van der Waals surface area contributed by atoms with Crippen molar-refractivity contribution in [3.05, 3.63) is 65.4 Å². The van der Waals surface area contributed by atoms with Crippen LogP contribution >= 0.6 is 0 Å². The Labute approximate surface area is 176 Å². The van der Waals surface area contributed by atoms with Gasteiger partial charge in [-0.2, -0.15) is 0 Å². The Morgan fingerprint density at radius 1 is 1.00 bits per heavy atom. The predicted octanol–water partition coefficient (Wildman–Crippen LogP) is 3.95. The number of hydrogen-bond donors (Lipinski definition) is 1. The smallest absolute Gasteiger partial charge is 0.295 e. The summed E-state index contributed by atoms with van der Waals surface area (Å²) in [4.78, 5) is 39.6. The lowest BCUT2D eigenvalue weighted by atomic mass is 10.1. The minimum Gasteiger partial charge on any atom is -0.337 e. The molecule has 6 nitrogen and oxygen atoms in total. The van der Waals surface area contributed by atoms with Crippen molar-refractivity contribution in [3.63, 3.8) is 0 Å². The van der Waals surface area contributed by atoms with Crippen LogP contribution < -0.4 is 5.32 Å². The molecule has 0 aliphatic carbocycles. The zero-order chi connectivity index (χ0) is 21.8. The Hall–Kier alpha value is -3.41. The Bertz CT molecular complexity index is 1110. The summed E-state index contributed by atoms with van der Waals surface area (Å²) in [6.07, 6.45) is 1.61. The molecule has 2 amide bonds. The van der Waals surface area contributed by atoms with Crippen molar-refractivity contribution in [3.8, 4) is 0 Å². The molecule has 30 heavy (non-hydrogen) atoms. The van der Waals surface area contributed by atoms with Gasteiger partial charge in [0.2, 0.25) is 5.91 Å². The molecule has 2 aromatic carbocycles. The summed E-state index contributed by atoms with van der Waals surface area (Å²) in [6, 6.07) is 13.2. The molecule has 0 bridgehead atoms. The number of nitrogens with one attached hydrogen (secondary N) is 1. The van der Waals surface area contributed by atoms with Crippen LogP contribution in [0, 0.1) is 13.8 Å². The Morgan fingerprint density at radius 2 is 1.70 bits per heavy atom. The molecule has 0 aliphatic rings. The molecule has 1 N–H and O–H groups in total. The molecular formula is C24H27N3O3. The van der Waals surface area contributed by atoms with Crippen LogP contribution in [0.15, 0.2) is 48.7 Å². The number of likely N-dealkylation sites (N-methyl/N-ethyl adjacent to an activating group) is 1. The van der Waals surface area contributed by atoms with Crippen LogP contribution in [-0.2, 0) is 16.1 Å². The van der Waals surface area contributed by atoms with Crippen molar-refractivity contribution < 1.29 is 14.4 Å². The monoisotopic (exact) mass is 405 g/mol.